The summed E-state index contributed by atoms with van der Waals surface area (Å²) in [5, 5.41) is 13.9. The number of carbonyl (C=O) groups is 2. The molecule has 6 nitrogen and oxygen atoms in total. The molecule has 0 unspecified atom stereocenters. The predicted octanol–water partition coefficient (Wildman–Crippen LogP) is 2.85. The summed E-state index contributed by atoms with van der Waals surface area (Å²) >= 11 is 0. The van der Waals surface area contributed by atoms with Crippen molar-refractivity contribution in [2.45, 2.75) is 26.8 Å². The Labute approximate surface area is 152 Å². The Morgan fingerprint density at radius 3 is 2.62 bits per heavy atom. The minimum absolute atomic E-state index is 0.112. The van der Waals surface area contributed by atoms with Crippen LogP contribution in [0.5, 0.6) is 5.75 Å². The summed E-state index contributed by atoms with van der Waals surface area (Å²) in [7, 11) is 0. The van der Waals surface area contributed by atoms with Gasteiger partial charge >= 0.3 is 0 Å². The Bertz CT molecular complexity index is 840. The van der Waals surface area contributed by atoms with E-state index in [1.165, 1.54) is 0 Å². The van der Waals surface area contributed by atoms with Crippen molar-refractivity contribution in [1.29, 1.82) is 5.26 Å². The Morgan fingerprint density at radius 1 is 1.12 bits per heavy atom. The third-order valence-electron chi connectivity index (χ3n) is 3.70. The Kier molecular flexibility index (Phi) is 6.75. The fraction of sp³-hybridized carbons (Fsp3) is 0.250. The normalized spacial score (nSPS) is 9.88. The van der Waals surface area contributed by atoms with Crippen LogP contribution in [0.4, 0.5) is 5.69 Å². The zero-order valence-electron chi connectivity index (χ0n) is 14.8. The number of para-hydroxylation sites is 1. The smallest absolute Gasteiger partial charge is 0.262 e. The molecular formula is C20H21N3O3. The molecule has 0 aliphatic rings. The summed E-state index contributed by atoms with van der Waals surface area (Å²) < 4.78 is 5.58. The first kappa shape index (κ1) is 19.0. The van der Waals surface area contributed by atoms with Crippen LogP contribution in [0.2, 0.25) is 0 Å². The van der Waals surface area contributed by atoms with Crippen LogP contribution < -0.4 is 15.4 Å². The van der Waals surface area contributed by atoms with Crippen LogP contribution >= 0.6 is 0 Å². The third kappa shape index (κ3) is 5.64. The Morgan fingerprint density at radius 2 is 1.88 bits per heavy atom. The molecule has 2 N–H and O–H groups in total. The lowest BCUT2D eigenvalue weighted by Crippen LogP contribution is -2.24. The first-order chi connectivity index (χ1) is 12.5. The Hall–Kier alpha value is -3.33. The van der Waals surface area contributed by atoms with E-state index in [2.05, 4.69) is 10.6 Å². The monoisotopic (exact) mass is 351 g/mol. The molecule has 26 heavy (non-hydrogen) atoms. The molecule has 0 aliphatic heterocycles. The minimum atomic E-state index is -0.355. The van der Waals surface area contributed by atoms with Crippen LogP contribution in [-0.4, -0.2) is 18.4 Å². The number of anilines is 1. The molecule has 134 valence electrons. The number of rotatable bonds is 7. The van der Waals surface area contributed by atoms with Gasteiger partial charge in [-0.1, -0.05) is 35.9 Å². The van der Waals surface area contributed by atoms with Gasteiger partial charge in [0.25, 0.3) is 5.91 Å². The molecule has 0 radical (unpaired) electrons. The molecule has 0 fully saturated rings. The minimum Gasteiger partial charge on any atom is -0.483 e. The molecule has 0 spiro atoms. The van der Waals surface area contributed by atoms with E-state index >= 15 is 0 Å². The second-order valence-corrected chi connectivity index (χ2v) is 5.87. The standard InChI is InChI=1S/C20H21N3O3/c1-14-7-8-18(15(2)11-14)26-13-20(25)23-17-6-4-3-5-16(17)12-22-19(24)9-10-21/h3-8,11H,9,12-13H2,1-2H3,(H,22,24)(H,23,25). The zero-order chi connectivity index (χ0) is 18.9. The average Bonchev–Trinajstić information content (AvgIpc) is 2.60. The maximum Gasteiger partial charge on any atom is 0.262 e. The number of hydrogen-bond acceptors (Lipinski definition) is 4. The van der Waals surface area contributed by atoms with Gasteiger partial charge in [0, 0.05) is 12.2 Å². The van der Waals surface area contributed by atoms with Gasteiger partial charge in [0.1, 0.15) is 12.2 Å². The number of nitriles is 1. The van der Waals surface area contributed by atoms with Crippen LogP contribution in [0.25, 0.3) is 0 Å². The molecule has 6 heteroatoms. The molecule has 2 rings (SSSR count). The van der Waals surface area contributed by atoms with Crippen molar-refractivity contribution in [1.82, 2.24) is 5.32 Å². The number of hydrogen-bond donors (Lipinski definition) is 2. The lowest BCUT2D eigenvalue weighted by molar-refractivity contribution is -0.120. The summed E-state index contributed by atoms with van der Waals surface area (Å²) in [5.74, 6) is 0.0235. The number of ether oxygens (including phenoxy) is 1. The number of nitrogens with one attached hydrogen (secondary N) is 2. The molecule has 0 atom stereocenters. The van der Waals surface area contributed by atoms with E-state index in [1.807, 2.05) is 38.1 Å². The predicted molar refractivity (Wildman–Crippen MR) is 98.6 cm³/mol. The van der Waals surface area contributed by atoms with Crippen LogP contribution in [0.15, 0.2) is 42.5 Å². The maximum absolute atomic E-state index is 12.2. The van der Waals surface area contributed by atoms with E-state index in [0.717, 1.165) is 16.7 Å². The van der Waals surface area contributed by atoms with Gasteiger partial charge in [-0.25, -0.2) is 0 Å². The molecule has 2 aromatic carbocycles. The van der Waals surface area contributed by atoms with Crippen molar-refractivity contribution in [3.05, 3.63) is 59.2 Å². The van der Waals surface area contributed by atoms with Gasteiger partial charge in [-0.05, 0) is 37.1 Å². The fourth-order valence-corrected chi connectivity index (χ4v) is 2.42. The van der Waals surface area contributed by atoms with Gasteiger partial charge in [-0.3, -0.25) is 9.59 Å². The van der Waals surface area contributed by atoms with E-state index in [0.29, 0.717) is 11.4 Å². The van der Waals surface area contributed by atoms with E-state index in [9.17, 15) is 9.59 Å². The highest BCUT2D eigenvalue weighted by atomic mass is 16.5. The first-order valence-electron chi connectivity index (χ1n) is 8.21. The molecule has 0 saturated carbocycles. The average molecular weight is 351 g/mol. The van der Waals surface area contributed by atoms with E-state index in [-0.39, 0.29) is 31.4 Å². The van der Waals surface area contributed by atoms with Crippen molar-refractivity contribution in [2.75, 3.05) is 11.9 Å². The molecule has 0 saturated heterocycles. The van der Waals surface area contributed by atoms with E-state index in [1.54, 1.807) is 24.3 Å². The molecule has 0 bridgehead atoms. The van der Waals surface area contributed by atoms with Gasteiger partial charge in [0.05, 0.1) is 6.07 Å². The summed E-state index contributed by atoms with van der Waals surface area (Å²) in [5.41, 5.74) is 3.45. The van der Waals surface area contributed by atoms with Gasteiger partial charge in [-0.2, -0.15) is 5.26 Å². The second-order valence-electron chi connectivity index (χ2n) is 5.87. The van der Waals surface area contributed by atoms with Gasteiger partial charge < -0.3 is 15.4 Å². The third-order valence-corrected chi connectivity index (χ3v) is 3.70. The number of amides is 2. The second kappa shape index (κ2) is 9.23. The topological polar surface area (TPSA) is 91.2 Å². The highest BCUT2D eigenvalue weighted by Crippen LogP contribution is 2.19. The van der Waals surface area contributed by atoms with Crippen molar-refractivity contribution in [3.8, 4) is 11.8 Å². The first-order valence-corrected chi connectivity index (χ1v) is 8.21. The van der Waals surface area contributed by atoms with Crippen molar-refractivity contribution >= 4 is 17.5 Å². The van der Waals surface area contributed by atoms with E-state index in [4.69, 9.17) is 10.00 Å². The summed E-state index contributed by atoms with van der Waals surface area (Å²) in [6, 6.07) is 14.7. The summed E-state index contributed by atoms with van der Waals surface area (Å²) in [6.45, 7) is 4.04. The van der Waals surface area contributed by atoms with Crippen LogP contribution in [0.1, 0.15) is 23.1 Å². The molecule has 0 aliphatic carbocycles. The lowest BCUT2D eigenvalue weighted by atomic mass is 10.1. The van der Waals surface area contributed by atoms with Crippen LogP contribution in [-0.2, 0) is 16.1 Å². The number of benzene rings is 2. The van der Waals surface area contributed by atoms with Gasteiger partial charge in [-0.15, -0.1) is 0 Å². The summed E-state index contributed by atoms with van der Waals surface area (Å²) in [4.78, 5) is 23.6. The van der Waals surface area contributed by atoms with Crippen LogP contribution in [0.3, 0.4) is 0 Å². The highest BCUT2D eigenvalue weighted by molar-refractivity contribution is 5.92. The van der Waals surface area contributed by atoms with Gasteiger partial charge in [0.15, 0.2) is 6.61 Å². The fourth-order valence-electron chi connectivity index (χ4n) is 2.42. The zero-order valence-corrected chi connectivity index (χ0v) is 14.8. The quantitative estimate of drug-likeness (QED) is 0.802. The molecule has 0 heterocycles. The summed E-state index contributed by atoms with van der Waals surface area (Å²) in [6.07, 6.45) is -0.196. The van der Waals surface area contributed by atoms with Gasteiger partial charge in [0.2, 0.25) is 5.91 Å². The van der Waals surface area contributed by atoms with Crippen molar-refractivity contribution in [2.24, 2.45) is 0 Å². The molecular weight excluding hydrogens is 330 g/mol. The van der Waals surface area contributed by atoms with Crippen molar-refractivity contribution < 1.29 is 14.3 Å². The largest absolute Gasteiger partial charge is 0.483 e. The SMILES string of the molecule is Cc1ccc(OCC(=O)Nc2ccccc2CNC(=O)CC#N)c(C)c1. The maximum atomic E-state index is 12.2. The molecule has 2 aromatic rings. The van der Waals surface area contributed by atoms with Crippen molar-refractivity contribution in [3.63, 3.8) is 0 Å². The Balaban J connectivity index is 1.94. The number of nitrogens with zero attached hydrogens (tertiary/aromatic N) is 1. The van der Waals surface area contributed by atoms with Crippen LogP contribution in [0, 0.1) is 25.2 Å². The molecule has 2 amide bonds. The highest BCUT2D eigenvalue weighted by Gasteiger charge is 2.09. The van der Waals surface area contributed by atoms with E-state index < -0.39 is 0 Å². The lowest BCUT2D eigenvalue weighted by Gasteiger charge is -2.13. The molecule has 0 aromatic heterocycles. The number of carbonyl (C=O) groups excluding carboxylic acids is 2. The number of aryl methyl sites for hydroxylation is 2.